The molecule has 0 saturated carbocycles. The molecule has 8 aromatic rings. The molecule has 0 aliphatic carbocycles. The molecule has 4 aromatic carbocycles. The minimum atomic E-state index is -5.28. The van der Waals surface area contributed by atoms with Gasteiger partial charge >= 0.3 is 212 Å². The van der Waals surface area contributed by atoms with Crippen molar-refractivity contribution in [2.75, 3.05) is 31.9 Å². The van der Waals surface area contributed by atoms with Gasteiger partial charge in [-0.1, -0.05) is 12.1 Å². The van der Waals surface area contributed by atoms with Gasteiger partial charge in [0, 0.05) is 75.1 Å². The fourth-order valence-electron chi connectivity index (χ4n) is 7.96. The summed E-state index contributed by atoms with van der Waals surface area (Å²) < 4.78 is 147. The minimum absolute atomic E-state index is 0. The third-order valence-electron chi connectivity index (χ3n) is 11.4. The average Bonchev–Trinajstić information content (AvgIpc) is 4.08. The van der Waals surface area contributed by atoms with E-state index in [9.17, 15) is 75.9 Å². The summed E-state index contributed by atoms with van der Waals surface area (Å²) in [6.07, 6.45) is 5.70. The molecule has 0 aliphatic heterocycles. The van der Waals surface area contributed by atoms with Gasteiger partial charge in [0.05, 0.1) is 42.3 Å². The number of amides is 6. The van der Waals surface area contributed by atoms with Crippen molar-refractivity contribution in [3.05, 3.63) is 132 Å². The normalized spacial score (nSPS) is 11.5. The molecule has 80 heavy (non-hydrogen) atoms. The van der Waals surface area contributed by atoms with Gasteiger partial charge in [0.1, 0.15) is 63.2 Å². The van der Waals surface area contributed by atoms with Gasteiger partial charge in [0.25, 0.3) is 23.6 Å². The van der Waals surface area contributed by atoms with Crippen LogP contribution in [-0.4, -0.2) is 99.8 Å². The van der Waals surface area contributed by atoms with Crippen LogP contribution in [0.25, 0.3) is 21.5 Å². The second-order valence-corrected chi connectivity index (χ2v) is 22.3. The van der Waals surface area contributed by atoms with Crippen LogP contribution in [0.4, 0.5) is 38.9 Å². The van der Waals surface area contributed by atoms with Crippen LogP contribution in [0.1, 0.15) is 42.0 Å². The summed E-state index contributed by atoms with van der Waals surface area (Å²) in [6.45, 7) is 0. The van der Waals surface area contributed by atoms with E-state index in [1.165, 1.54) is 120 Å². The van der Waals surface area contributed by atoms with E-state index in [0.717, 1.165) is 24.3 Å². The van der Waals surface area contributed by atoms with Crippen LogP contribution in [0, 0.1) is 0 Å². The van der Waals surface area contributed by atoms with Crippen molar-refractivity contribution in [3.63, 3.8) is 0 Å². The SMILES string of the molecule is Cn1cc(NC(=O)Nc2cc(C(=O)Nc3cc(C(=O)Nc4ccc5cc(S(=O)(=O)[O-])cc(S(=O)(=O)[O-])c5c4)n(C)c3)n(C)c2)cc1C(=O)Nc1cc(C(=O)Nc2ccc3cc(S(=O)(=O)[O-])cc(S(=O)(=O)[O-])c3c2)n(C)c1.[K+].[K+].[K+].[K+]. The number of aromatic nitrogens is 4. The molecule has 27 nitrogen and oxygen atoms in total. The zero-order valence-corrected chi connectivity index (χ0v) is 59.0. The number of fused-ring (bicyclic) bond motifs is 2. The standard InChI is InChI=1S/C45H40N10O17S4.4K/c1-52-19-27(13-35(52)41(56)46-25-7-5-23-9-31(73(61,62)63)17-39(33(23)11-25)75(67,68)69)48-43(58)37-15-29(21-54(37)3)50-45(60)51-30-16-38(55(4)22-30)44(59)49-28-14-36(53(2)20-28)42(57)47-26-8-6-24-10-32(74(64,65)66)18-40(34(24)12-26)76(70,71)72;;;;/h5-22H,1-4H3,(H,46,56)(H,47,57)(H,48,58)(H,49,59)(H2,50,51,60)(H,61,62,63)(H,64,65,66)(H,67,68,69)(H,70,71,72);;;;/q;4*+1/p-4. The first kappa shape index (κ1) is 70.3. The molecule has 0 bridgehead atoms. The Morgan fingerprint density at radius 2 is 0.613 bits per heavy atom. The molecule has 0 spiro atoms. The maximum Gasteiger partial charge on any atom is 1.00 e. The molecule has 4 heterocycles. The number of nitrogens with zero attached hydrogens (tertiary/aromatic N) is 4. The summed E-state index contributed by atoms with van der Waals surface area (Å²) in [6, 6.07) is 14.5. The topological polar surface area (TPSA) is 406 Å². The maximum atomic E-state index is 13.4. The van der Waals surface area contributed by atoms with E-state index in [0.29, 0.717) is 12.1 Å². The van der Waals surface area contributed by atoms with E-state index in [2.05, 4.69) is 31.9 Å². The smallest absolute Gasteiger partial charge is 0.744 e. The number of hydrogen-bond donors (Lipinski definition) is 6. The van der Waals surface area contributed by atoms with Crippen molar-refractivity contribution < 1.29 is 281 Å². The number of aryl methyl sites for hydroxylation is 4. The number of carbonyl (C=O) groups excluding carboxylic acids is 5. The number of anilines is 6. The predicted molar refractivity (Wildman–Crippen MR) is 266 cm³/mol. The van der Waals surface area contributed by atoms with Crippen LogP contribution >= 0.6 is 0 Å². The van der Waals surface area contributed by atoms with Gasteiger partial charge in [0.2, 0.25) is 0 Å². The second-order valence-electron chi connectivity index (χ2n) is 16.8. The Kier molecular flexibility index (Phi) is 24.2. The Labute approximate surface area is 625 Å². The molecule has 0 radical (unpaired) electrons. The molecule has 0 saturated heterocycles. The van der Waals surface area contributed by atoms with Crippen LogP contribution in [-0.2, 0) is 68.7 Å². The molecule has 396 valence electrons. The third-order valence-corrected chi connectivity index (χ3v) is 14.8. The quantitative estimate of drug-likeness (QED) is 0.0435. The van der Waals surface area contributed by atoms with Gasteiger partial charge in [0.15, 0.2) is 0 Å². The molecular formula is C45H36K4N10O17S4. The fourth-order valence-corrected chi connectivity index (χ4v) is 10.6. The molecule has 0 fully saturated rings. The van der Waals surface area contributed by atoms with E-state index >= 15 is 0 Å². The van der Waals surface area contributed by atoms with E-state index < -0.39 is 89.7 Å². The van der Waals surface area contributed by atoms with Gasteiger partial charge < -0.3 is 68.4 Å². The van der Waals surface area contributed by atoms with Gasteiger partial charge in [-0.15, -0.1) is 0 Å². The van der Waals surface area contributed by atoms with Crippen molar-refractivity contribution in [1.29, 1.82) is 0 Å². The minimum Gasteiger partial charge on any atom is -0.744 e. The summed E-state index contributed by atoms with van der Waals surface area (Å²) >= 11 is 0. The van der Waals surface area contributed by atoms with Crippen molar-refractivity contribution in [2.24, 2.45) is 28.2 Å². The molecule has 4 aromatic heterocycles. The number of carbonyl (C=O) groups is 5. The first-order chi connectivity index (χ1) is 35.3. The summed E-state index contributed by atoms with van der Waals surface area (Å²) in [4.78, 5) is 62.7. The molecular weight excluding hydrogens is 1240 g/mol. The first-order valence-electron chi connectivity index (χ1n) is 21.3. The Hall–Kier alpha value is -2.14. The van der Waals surface area contributed by atoms with E-state index in [4.69, 9.17) is 0 Å². The Bertz CT molecular complexity index is 4040. The zero-order valence-electron chi connectivity index (χ0n) is 43.3. The summed E-state index contributed by atoms with van der Waals surface area (Å²) in [7, 11) is -14.8. The van der Waals surface area contributed by atoms with Gasteiger partial charge in [-0.05, 0) is 83.6 Å². The largest absolute Gasteiger partial charge is 1.00 e. The molecule has 6 amide bonds. The molecule has 6 N–H and O–H groups in total. The Morgan fingerprint density at radius 3 is 0.875 bits per heavy atom. The van der Waals surface area contributed by atoms with Crippen molar-refractivity contribution in [1.82, 2.24) is 18.3 Å². The number of nitrogens with one attached hydrogen (secondary N) is 6. The summed E-state index contributed by atoms with van der Waals surface area (Å²) in [5.41, 5.74) is 0.831. The molecule has 8 rings (SSSR count). The van der Waals surface area contributed by atoms with Crippen LogP contribution < -0.4 is 237 Å². The summed E-state index contributed by atoms with van der Waals surface area (Å²) in [5.74, 6) is -2.79. The first-order valence-corrected chi connectivity index (χ1v) is 26.9. The maximum absolute atomic E-state index is 13.4. The van der Waals surface area contributed by atoms with Gasteiger partial charge in [-0.25, -0.2) is 38.5 Å². The molecule has 0 aliphatic rings. The Morgan fingerprint density at radius 1 is 0.350 bits per heavy atom. The number of urea groups is 1. The van der Waals surface area contributed by atoms with Crippen LogP contribution in [0.3, 0.4) is 0 Å². The van der Waals surface area contributed by atoms with E-state index in [1.54, 1.807) is 0 Å². The zero-order chi connectivity index (χ0) is 55.6. The number of benzene rings is 4. The number of hydrogen-bond acceptors (Lipinski definition) is 17. The molecule has 35 heteroatoms. The van der Waals surface area contributed by atoms with Crippen LogP contribution in [0.2, 0.25) is 0 Å². The molecule has 0 atom stereocenters. The number of rotatable bonds is 14. The summed E-state index contributed by atoms with van der Waals surface area (Å²) in [5, 5.41) is 14.9. The average molecular weight is 1270 g/mol. The fraction of sp³-hybridized carbons (Fsp3) is 0.0889. The predicted octanol–water partition coefficient (Wildman–Crippen LogP) is -8.37. The second kappa shape index (κ2) is 27.5. The van der Waals surface area contributed by atoms with E-state index in [-0.39, 0.29) is 284 Å². The van der Waals surface area contributed by atoms with Gasteiger partial charge in [-0.3, -0.25) is 19.2 Å². The van der Waals surface area contributed by atoms with Crippen molar-refractivity contribution in [2.45, 2.75) is 19.6 Å². The van der Waals surface area contributed by atoms with Gasteiger partial charge in [-0.2, -0.15) is 0 Å². The van der Waals surface area contributed by atoms with Crippen LogP contribution in [0.15, 0.2) is 129 Å². The van der Waals surface area contributed by atoms with E-state index in [1.807, 2.05) is 0 Å². The molecule has 0 unspecified atom stereocenters. The van der Waals surface area contributed by atoms with Crippen molar-refractivity contribution in [3.8, 4) is 0 Å². The Balaban J connectivity index is 0.00000344. The van der Waals surface area contributed by atoms with Crippen molar-refractivity contribution >= 4 is 126 Å². The van der Waals surface area contributed by atoms with Crippen LogP contribution in [0.5, 0.6) is 0 Å². The monoisotopic (exact) mass is 1270 g/mol. The third kappa shape index (κ3) is 16.6.